The third-order valence-corrected chi connectivity index (χ3v) is 3.06. The molecule has 0 saturated carbocycles. The number of hydrogen-bond acceptors (Lipinski definition) is 1. The maximum absolute atomic E-state index is 10.2. The Bertz CT molecular complexity index is 628. The van der Waals surface area contributed by atoms with Crippen LogP contribution in [0.5, 0.6) is 0 Å². The van der Waals surface area contributed by atoms with Crippen molar-refractivity contribution >= 4 is 11.6 Å². The molecule has 0 bridgehead atoms. The monoisotopic (exact) mass is 270 g/mol. The summed E-state index contributed by atoms with van der Waals surface area (Å²) >= 11 is 6.17. The average Bonchev–Trinajstić information content (AvgIpc) is 2.36. The molecule has 0 amide bonds. The molecule has 0 atom stereocenters. The van der Waals surface area contributed by atoms with Crippen molar-refractivity contribution in [1.29, 1.82) is 0 Å². The molecule has 96 valence electrons. The van der Waals surface area contributed by atoms with Crippen LogP contribution in [0.15, 0.2) is 48.5 Å². The lowest BCUT2D eigenvalue weighted by Crippen LogP contribution is -2.18. The SMILES string of the molecule is CC(C)(O)c1c(Cl)cccc1C#Cc1ccccc1. The topological polar surface area (TPSA) is 20.2 Å². The van der Waals surface area contributed by atoms with Crippen LogP contribution in [0.3, 0.4) is 0 Å². The van der Waals surface area contributed by atoms with E-state index < -0.39 is 5.60 Å². The molecule has 1 N–H and O–H groups in total. The van der Waals surface area contributed by atoms with E-state index in [1.165, 1.54) is 0 Å². The Kier molecular flexibility index (Phi) is 3.95. The van der Waals surface area contributed by atoms with Crippen LogP contribution >= 0.6 is 11.6 Å². The Morgan fingerprint density at radius 1 is 0.947 bits per heavy atom. The molecule has 19 heavy (non-hydrogen) atoms. The van der Waals surface area contributed by atoms with Gasteiger partial charge in [0.15, 0.2) is 0 Å². The minimum atomic E-state index is -1.01. The van der Waals surface area contributed by atoms with Crippen LogP contribution in [-0.4, -0.2) is 5.11 Å². The number of hydrogen-bond donors (Lipinski definition) is 1. The average molecular weight is 271 g/mol. The van der Waals surface area contributed by atoms with E-state index in [1.54, 1.807) is 19.9 Å². The summed E-state index contributed by atoms with van der Waals surface area (Å²) in [6, 6.07) is 15.2. The van der Waals surface area contributed by atoms with E-state index in [4.69, 9.17) is 11.6 Å². The van der Waals surface area contributed by atoms with Gasteiger partial charge in [0, 0.05) is 21.7 Å². The standard InChI is InChI=1S/C17H15ClO/c1-17(2,19)16-14(9-6-10-15(16)18)12-11-13-7-4-3-5-8-13/h3-10,19H,1-2H3. The predicted octanol–water partition coefficient (Wildman–Crippen LogP) is 3.97. The molecule has 2 aromatic carbocycles. The van der Waals surface area contributed by atoms with E-state index in [1.807, 2.05) is 42.5 Å². The van der Waals surface area contributed by atoms with Gasteiger partial charge in [-0.2, -0.15) is 0 Å². The molecule has 0 aromatic heterocycles. The van der Waals surface area contributed by atoms with E-state index in [-0.39, 0.29) is 0 Å². The minimum Gasteiger partial charge on any atom is -0.386 e. The summed E-state index contributed by atoms with van der Waals surface area (Å²) < 4.78 is 0. The number of aliphatic hydroxyl groups is 1. The molecule has 2 aromatic rings. The lowest BCUT2D eigenvalue weighted by molar-refractivity contribution is 0.0784. The summed E-state index contributed by atoms with van der Waals surface area (Å²) in [5.41, 5.74) is 1.34. The van der Waals surface area contributed by atoms with Crippen molar-refractivity contribution in [3.05, 3.63) is 70.2 Å². The van der Waals surface area contributed by atoms with Crippen LogP contribution in [0, 0.1) is 11.8 Å². The van der Waals surface area contributed by atoms with Crippen LogP contribution in [0.1, 0.15) is 30.5 Å². The Morgan fingerprint density at radius 2 is 1.63 bits per heavy atom. The summed E-state index contributed by atoms with van der Waals surface area (Å²) in [6.45, 7) is 3.42. The zero-order valence-corrected chi connectivity index (χ0v) is 11.7. The predicted molar refractivity (Wildman–Crippen MR) is 79.1 cm³/mol. The first kappa shape index (κ1) is 13.7. The molecule has 2 heteroatoms. The maximum atomic E-state index is 10.2. The van der Waals surface area contributed by atoms with E-state index in [0.29, 0.717) is 10.6 Å². The van der Waals surface area contributed by atoms with Crippen molar-refractivity contribution < 1.29 is 5.11 Å². The highest BCUT2D eigenvalue weighted by atomic mass is 35.5. The van der Waals surface area contributed by atoms with Crippen LogP contribution in [-0.2, 0) is 5.60 Å². The first-order valence-electron chi connectivity index (χ1n) is 6.07. The van der Waals surface area contributed by atoms with Gasteiger partial charge in [0.05, 0.1) is 5.60 Å². The molecule has 0 spiro atoms. The number of benzene rings is 2. The third kappa shape index (κ3) is 3.38. The molecule has 0 heterocycles. The summed E-state index contributed by atoms with van der Waals surface area (Å²) in [5.74, 6) is 6.16. The highest BCUT2D eigenvalue weighted by molar-refractivity contribution is 6.31. The fourth-order valence-corrected chi connectivity index (χ4v) is 2.32. The molecule has 0 fully saturated rings. The van der Waals surface area contributed by atoms with Crippen molar-refractivity contribution in [3.8, 4) is 11.8 Å². The Balaban J connectivity index is 2.48. The molecule has 0 saturated heterocycles. The van der Waals surface area contributed by atoms with Crippen molar-refractivity contribution in [2.75, 3.05) is 0 Å². The first-order chi connectivity index (χ1) is 8.98. The fourth-order valence-electron chi connectivity index (χ4n) is 1.91. The van der Waals surface area contributed by atoms with Crippen LogP contribution in [0.2, 0.25) is 5.02 Å². The quantitative estimate of drug-likeness (QED) is 0.778. The first-order valence-corrected chi connectivity index (χ1v) is 6.45. The van der Waals surface area contributed by atoms with Crippen molar-refractivity contribution in [1.82, 2.24) is 0 Å². The van der Waals surface area contributed by atoms with Crippen LogP contribution in [0.25, 0.3) is 0 Å². The molecule has 0 unspecified atom stereocenters. The highest BCUT2D eigenvalue weighted by Crippen LogP contribution is 2.30. The van der Waals surface area contributed by atoms with Gasteiger partial charge in [-0.05, 0) is 38.1 Å². The van der Waals surface area contributed by atoms with Crippen molar-refractivity contribution in [3.63, 3.8) is 0 Å². The molecule has 0 aliphatic rings. The molecular formula is C17H15ClO. The third-order valence-electron chi connectivity index (χ3n) is 2.74. The Hall–Kier alpha value is -1.75. The van der Waals surface area contributed by atoms with Crippen molar-refractivity contribution in [2.24, 2.45) is 0 Å². The van der Waals surface area contributed by atoms with Gasteiger partial charge < -0.3 is 5.11 Å². The van der Waals surface area contributed by atoms with Gasteiger partial charge in [-0.3, -0.25) is 0 Å². The smallest absolute Gasteiger partial charge is 0.0867 e. The minimum absolute atomic E-state index is 0.535. The zero-order chi connectivity index (χ0) is 13.9. The molecular weight excluding hydrogens is 256 g/mol. The van der Waals surface area contributed by atoms with Gasteiger partial charge in [-0.15, -0.1) is 0 Å². The van der Waals surface area contributed by atoms with Gasteiger partial charge in [0.1, 0.15) is 0 Å². The lowest BCUT2D eigenvalue weighted by atomic mass is 9.93. The van der Waals surface area contributed by atoms with E-state index >= 15 is 0 Å². The second-order valence-electron chi connectivity index (χ2n) is 4.84. The van der Waals surface area contributed by atoms with Crippen LogP contribution < -0.4 is 0 Å². The van der Waals surface area contributed by atoms with Crippen molar-refractivity contribution in [2.45, 2.75) is 19.4 Å². The van der Waals surface area contributed by atoms with Gasteiger partial charge >= 0.3 is 0 Å². The van der Waals surface area contributed by atoms with Gasteiger partial charge in [0.2, 0.25) is 0 Å². The van der Waals surface area contributed by atoms with Gasteiger partial charge in [-0.1, -0.05) is 47.7 Å². The number of rotatable bonds is 1. The fraction of sp³-hybridized carbons (Fsp3) is 0.176. The second kappa shape index (κ2) is 5.48. The lowest BCUT2D eigenvalue weighted by Gasteiger charge is -2.21. The largest absolute Gasteiger partial charge is 0.386 e. The summed E-state index contributed by atoms with van der Waals surface area (Å²) in [6.07, 6.45) is 0. The van der Waals surface area contributed by atoms with E-state index in [9.17, 15) is 5.11 Å². The maximum Gasteiger partial charge on any atom is 0.0867 e. The molecule has 1 nitrogen and oxygen atoms in total. The highest BCUT2D eigenvalue weighted by Gasteiger charge is 2.22. The molecule has 2 rings (SSSR count). The summed E-state index contributed by atoms with van der Waals surface area (Å²) in [7, 11) is 0. The second-order valence-corrected chi connectivity index (χ2v) is 5.24. The molecule has 0 aliphatic heterocycles. The van der Waals surface area contributed by atoms with E-state index in [0.717, 1.165) is 11.1 Å². The molecule has 0 aliphatic carbocycles. The van der Waals surface area contributed by atoms with Crippen LogP contribution in [0.4, 0.5) is 0 Å². The van der Waals surface area contributed by atoms with Gasteiger partial charge in [0.25, 0.3) is 0 Å². The van der Waals surface area contributed by atoms with Gasteiger partial charge in [-0.25, -0.2) is 0 Å². The van der Waals surface area contributed by atoms with E-state index in [2.05, 4.69) is 11.8 Å². The Morgan fingerprint density at radius 3 is 2.26 bits per heavy atom. The molecule has 0 radical (unpaired) electrons. The summed E-state index contributed by atoms with van der Waals surface area (Å²) in [4.78, 5) is 0. The summed E-state index contributed by atoms with van der Waals surface area (Å²) in [5, 5.41) is 10.7. The zero-order valence-electron chi connectivity index (χ0n) is 10.9. The Labute approximate surface area is 118 Å². The number of halogens is 1. The normalized spacial score (nSPS) is 10.7.